The van der Waals surface area contributed by atoms with Gasteiger partial charge < -0.3 is 4.52 Å². The van der Waals surface area contributed by atoms with Gasteiger partial charge in [-0.3, -0.25) is 14.8 Å². The quantitative estimate of drug-likeness (QED) is 0.758. The zero-order valence-electron chi connectivity index (χ0n) is 14.9. The third kappa shape index (κ3) is 3.29. The molecule has 0 radical (unpaired) electrons. The third-order valence-electron chi connectivity index (χ3n) is 4.81. The second-order valence-corrected chi connectivity index (χ2v) is 7.68. The molecule has 26 heavy (non-hydrogen) atoms. The number of hydrogen-bond donors (Lipinski definition) is 1. The lowest BCUT2D eigenvalue weighted by Gasteiger charge is -2.06. The molecule has 3 aromatic heterocycles. The molecule has 3 heterocycles. The van der Waals surface area contributed by atoms with Crippen LogP contribution in [0.15, 0.2) is 16.8 Å². The maximum atomic E-state index is 12.5. The fourth-order valence-corrected chi connectivity index (χ4v) is 4.21. The van der Waals surface area contributed by atoms with Crippen LogP contribution in [-0.4, -0.2) is 25.8 Å². The standard InChI is InChI=1S/C18H21N5O2S/c1-11-12(10-19-23(11)2)15-9-14(22-25-15)17(24)21-18-20-13-7-5-3-4-6-8-16(13)26-18/h9-10H,3-8H2,1-2H3,(H,20,21,24). The molecule has 1 amide bonds. The number of aromatic nitrogens is 4. The van der Waals surface area contributed by atoms with Crippen LogP contribution in [0, 0.1) is 6.92 Å². The monoisotopic (exact) mass is 371 g/mol. The second kappa shape index (κ2) is 7.03. The minimum absolute atomic E-state index is 0.242. The Kier molecular flexibility index (Phi) is 4.58. The summed E-state index contributed by atoms with van der Waals surface area (Å²) >= 11 is 1.58. The third-order valence-corrected chi connectivity index (χ3v) is 5.88. The Bertz CT molecular complexity index is 914. The maximum Gasteiger partial charge on any atom is 0.279 e. The van der Waals surface area contributed by atoms with Crippen molar-refractivity contribution in [3.8, 4) is 11.3 Å². The highest BCUT2D eigenvalue weighted by Gasteiger charge is 2.19. The van der Waals surface area contributed by atoms with E-state index in [1.165, 1.54) is 30.6 Å². The molecule has 0 aliphatic heterocycles. The van der Waals surface area contributed by atoms with Gasteiger partial charge in [-0.25, -0.2) is 4.98 Å². The molecule has 8 heteroatoms. The van der Waals surface area contributed by atoms with Gasteiger partial charge in [-0.1, -0.05) is 18.0 Å². The number of fused-ring (bicyclic) bond motifs is 1. The first-order valence-electron chi connectivity index (χ1n) is 8.87. The average Bonchev–Trinajstić information content (AvgIpc) is 3.29. The fraction of sp³-hybridized carbons (Fsp3) is 0.444. The van der Waals surface area contributed by atoms with Gasteiger partial charge >= 0.3 is 0 Å². The van der Waals surface area contributed by atoms with Gasteiger partial charge in [-0.05, 0) is 32.6 Å². The summed E-state index contributed by atoms with van der Waals surface area (Å²) in [4.78, 5) is 18.4. The molecule has 1 N–H and O–H groups in total. The number of amides is 1. The van der Waals surface area contributed by atoms with Gasteiger partial charge in [0.15, 0.2) is 16.6 Å². The van der Waals surface area contributed by atoms with Gasteiger partial charge in [0.2, 0.25) is 0 Å². The van der Waals surface area contributed by atoms with Crippen molar-refractivity contribution in [2.75, 3.05) is 5.32 Å². The van der Waals surface area contributed by atoms with E-state index in [0.29, 0.717) is 10.9 Å². The first-order valence-corrected chi connectivity index (χ1v) is 9.69. The van der Waals surface area contributed by atoms with Crippen LogP contribution in [0.3, 0.4) is 0 Å². The maximum absolute atomic E-state index is 12.5. The molecule has 0 saturated carbocycles. The zero-order chi connectivity index (χ0) is 18.1. The van der Waals surface area contributed by atoms with Crippen LogP contribution in [0.1, 0.15) is 52.4 Å². The van der Waals surface area contributed by atoms with Gasteiger partial charge in [0.05, 0.1) is 17.5 Å². The van der Waals surface area contributed by atoms with Crippen LogP contribution < -0.4 is 5.32 Å². The van der Waals surface area contributed by atoms with Gasteiger partial charge in [0.25, 0.3) is 5.91 Å². The molecule has 0 aromatic carbocycles. The Balaban J connectivity index is 1.50. The Morgan fingerprint density at radius 1 is 1.27 bits per heavy atom. The number of nitrogens with one attached hydrogen (secondary N) is 1. The van der Waals surface area contributed by atoms with E-state index < -0.39 is 0 Å². The van der Waals surface area contributed by atoms with Crippen LogP contribution >= 0.6 is 11.3 Å². The minimum atomic E-state index is -0.303. The number of carbonyl (C=O) groups excluding carboxylic acids is 1. The number of nitrogens with zero attached hydrogens (tertiary/aromatic N) is 4. The zero-order valence-corrected chi connectivity index (χ0v) is 15.7. The van der Waals surface area contributed by atoms with Gasteiger partial charge in [-0.15, -0.1) is 11.3 Å². The van der Waals surface area contributed by atoms with E-state index >= 15 is 0 Å². The minimum Gasteiger partial charge on any atom is -0.355 e. The smallest absolute Gasteiger partial charge is 0.279 e. The van der Waals surface area contributed by atoms with E-state index in [1.807, 2.05) is 14.0 Å². The van der Waals surface area contributed by atoms with E-state index in [-0.39, 0.29) is 11.6 Å². The molecule has 1 aliphatic rings. The first-order chi connectivity index (χ1) is 12.6. The van der Waals surface area contributed by atoms with Crippen molar-refractivity contribution in [2.24, 2.45) is 7.05 Å². The molecule has 4 rings (SSSR count). The molecule has 136 valence electrons. The van der Waals surface area contributed by atoms with Crippen LogP contribution in [0.5, 0.6) is 0 Å². The van der Waals surface area contributed by atoms with Crippen molar-refractivity contribution in [1.82, 2.24) is 19.9 Å². The van der Waals surface area contributed by atoms with Crippen molar-refractivity contribution in [3.63, 3.8) is 0 Å². The number of carbonyl (C=O) groups is 1. The highest BCUT2D eigenvalue weighted by molar-refractivity contribution is 7.15. The lowest BCUT2D eigenvalue weighted by Crippen LogP contribution is -2.12. The van der Waals surface area contributed by atoms with Gasteiger partial charge in [0.1, 0.15) is 0 Å². The number of aryl methyl sites for hydroxylation is 3. The van der Waals surface area contributed by atoms with Crippen molar-refractivity contribution >= 4 is 22.4 Å². The van der Waals surface area contributed by atoms with E-state index in [9.17, 15) is 4.79 Å². The average molecular weight is 371 g/mol. The molecular weight excluding hydrogens is 350 g/mol. The molecule has 0 unspecified atom stereocenters. The lowest BCUT2D eigenvalue weighted by atomic mass is 10.0. The van der Waals surface area contributed by atoms with Gasteiger partial charge in [0, 0.05) is 23.7 Å². The van der Waals surface area contributed by atoms with Crippen LogP contribution in [0.25, 0.3) is 11.3 Å². The highest BCUT2D eigenvalue weighted by Crippen LogP contribution is 2.29. The van der Waals surface area contributed by atoms with Crippen LogP contribution in [-0.2, 0) is 19.9 Å². The summed E-state index contributed by atoms with van der Waals surface area (Å²) in [5.74, 6) is 0.232. The molecule has 0 atom stereocenters. The number of rotatable bonds is 3. The van der Waals surface area contributed by atoms with Crippen LogP contribution in [0.2, 0.25) is 0 Å². The summed E-state index contributed by atoms with van der Waals surface area (Å²) < 4.78 is 7.09. The van der Waals surface area contributed by atoms with E-state index in [4.69, 9.17) is 4.52 Å². The molecule has 0 spiro atoms. The molecular formula is C18H21N5O2S. The largest absolute Gasteiger partial charge is 0.355 e. The SMILES string of the molecule is Cc1c(-c2cc(C(=O)Nc3nc4c(s3)CCCCCC4)no2)cnn1C. The molecule has 7 nitrogen and oxygen atoms in total. The fourth-order valence-electron chi connectivity index (χ4n) is 3.17. The number of anilines is 1. The van der Waals surface area contributed by atoms with Gasteiger partial charge in [-0.2, -0.15) is 5.10 Å². The molecule has 0 saturated heterocycles. The lowest BCUT2D eigenvalue weighted by molar-refractivity contribution is 0.101. The Labute approximate surface area is 155 Å². The molecule has 0 bridgehead atoms. The summed E-state index contributed by atoms with van der Waals surface area (Å²) in [5.41, 5.74) is 3.16. The van der Waals surface area contributed by atoms with Crippen molar-refractivity contribution < 1.29 is 9.32 Å². The number of thiazole rings is 1. The number of hydrogen-bond acceptors (Lipinski definition) is 6. The highest BCUT2D eigenvalue weighted by atomic mass is 32.1. The summed E-state index contributed by atoms with van der Waals surface area (Å²) in [6.45, 7) is 1.94. The molecule has 3 aromatic rings. The molecule has 1 aliphatic carbocycles. The Morgan fingerprint density at radius 3 is 2.85 bits per heavy atom. The predicted molar refractivity (Wildman–Crippen MR) is 99.4 cm³/mol. The summed E-state index contributed by atoms with van der Waals surface area (Å²) in [6.07, 6.45) is 8.65. The normalized spacial score (nSPS) is 14.5. The first kappa shape index (κ1) is 17.0. The summed E-state index contributed by atoms with van der Waals surface area (Å²) in [5, 5.41) is 11.6. The Morgan fingerprint density at radius 2 is 2.08 bits per heavy atom. The Hall–Kier alpha value is -2.48. The van der Waals surface area contributed by atoms with E-state index in [0.717, 1.165) is 29.8 Å². The van der Waals surface area contributed by atoms with Crippen LogP contribution in [0.4, 0.5) is 5.13 Å². The summed E-state index contributed by atoms with van der Waals surface area (Å²) in [7, 11) is 1.86. The predicted octanol–water partition coefficient (Wildman–Crippen LogP) is 3.75. The summed E-state index contributed by atoms with van der Waals surface area (Å²) in [6, 6.07) is 1.64. The van der Waals surface area contributed by atoms with E-state index in [1.54, 1.807) is 28.3 Å². The topological polar surface area (TPSA) is 85.8 Å². The van der Waals surface area contributed by atoms with Crippen molar-refractivity contribution in [3.05, 3.63) is 34.2 Å². The second-order valence-electron chi connectivity index (χ2n) is 6.60. The molecule has 0 fully saturated rings. The van der Waals surface area contributed by atoms with E-state index in [2.05, 4.69) is 20.6 Å². The van der Waals surface area contributed by atoms with Crippen molar-refractivity contribution in [2.45, 2.75) is 45.4 Å². The van der Waals surface area contributed by atoms with Crippen molar-refractivity contribution in [1.29, 1.82) is 0 Å².